The Labute approximate surface area is 144 Å². The summed E-state index contributed by atoms with van der Waals surface area (Å²) >= 11 is 1.80. The summed E-state index contributed by atoms with van der Waals surface area (Å²) < 4.78 is 5.44. The van der Waals surface area contributed by atoms with Crippen molar-refractivity contribution in [2.45, 2.75) is 30.6 Å². The second-order valence-corrected chi connectivity index (χ2v) is 7.52. The van der Waals surface area contributed by atoms with Crippen LogP contribution in [0.2, 0.25) is 0 Å². The Bertz CT molecular complexity index is 811. The number of aromatic carboxylic acids is 1. The normalized spacial score (nSPS) is 15.4. The largest absolute Gasteiger partial charge is 0.478 e. The van der Waals surface area contributed by atoms with Crippen LogP contribution in [0.25, 0.3) is 0 Å². The maximum absolute atomic E-state index is 12.4. The number of thioether (sulfide) groups is 1. The second-order valence-electron chi connectivity index (χ2n) is 6.38. The fourth-order valence-corrected chi connectivity index (χ4v) is 4.28. The molecule has 0 fully saturated rings. The Balaban J connectivity index is 1.90. The van der Waals surface area contributed by atoms with E-state index in [0.717, 1.165) is 17.7 Å². The average molecular weight is 342 g/mol. The molecule has 0 saturated carbocycles. The van der Waals surface area contributed by atoms with Crippen LogP contribution in [-0.4, -0.2) is 22.8 Å². The van der Waals surface area contributed by atoms with Gasteiger partial charge in [0, 0.05) is 4.90 Å². The zero-order chi connectivity index (χ0) is 17.3. The Morgan fingerprint density at radius 2 is 1.83 bits per heavy atom. The summed E-state index contributed by atoms with van der Waals surface area (Å²) in [4.78, 5) is 24.8. The maximum Gasteiger partial charge on any atom is 0.344 e. The van der Waals surface area contributed by atoms with Gasteiger partial charge >= 0.3 is 11.9 Å². The lowest BCUT2D eigenvalue weighted by Crippen LogP contribution is -2.23. The molecule has 5 heteroatoms. The van der Waals surface area contributed by atoms with Gasteiger partial charge in [-0.25, -0.2) is 9.59 Å². The molecule has 1 heterocycles. The topological polar surface area (TPSA) is 63.6 Å². The molecule has 0 spiro atoms. The number of carbonyl (C=O) groups excluding carboxylic acids is 1. The molecule has 1 N–H and O–H groups in total. The van der Waals surface area contributed by atoms with Gasteiger partial charge in [0.25, 0.3) is 0 Å². The Hall–Kier alpha value is -2.27. The highest BCUT2D eigenvalue weighted by atomic mass is 32.2. The Kier molecular flexibility index (Phi) is 4.37. The van der Waals surface area contributed by atoms with Crippen LogP contribution in [0, 0.1) is 0 Å². The third-order valence-electron chi connectivity index (χ3n) is 4.25. The molecule has 1 aliphatic heterocycles. The molecule has 2 aromatic rings. The fraction of sp³-hybridized carbons (Fsp3) is 0.263. The molecule has 24 heavy (non-hydrogen) atoms. The van der Waals surface area contributed by atoms with E-state index in [-0.39, 0.29) is 16.5 Å². The first-order valence-electron chi connectivity index (χ1n) is 7.70. The summed E-state index contributed by atoms with van der Waals surface area (Å²) in [5.41, 5.74) is 1.19. The smallest absolute Gasteiger partial charge is 0.344 e. The molecule has 4 nitrogen and oxygen atoms in total. The lowest BCUT2D eigenvalue weighted by molar-refractivity contribution is 0.0668. The summed E-state index contributed by atoms with van der Waals surface area (Å²) in [6, 6.07) is 11.7. The Morgan fingerprint density at radius 1 is 1.12 bits per heavy atom. The van der Waals surface area contributed by atoms with Gasteiger partial charge < -0.3 is 9.84 Å². The number of carboxylic acids is 1. The molecule has 0 radical (unpaired) electrons. The molecule has 0 bridgehead atoms. The predicted octanol–water partition coefficient (Wildman–Crippen LogP) is 4.38. The van der Waals surface area contributed by atoms with Crippen LogP contribution < -0.4 is 4.74 Å². The van der Waals surface area contributed by atoms with Crippen LogP contribution in [0.5, 0.6) is 5.75 Å². The van der Waals surface area contributed by atoms with E-state index in [0.29, 0.717) is 5.75 Å². The van der Waals surface area contributed by atoms with Gasteiger partial charge in [-0.15, -0.1) is 11.8 Å². The van der Waals surface area contributed by atoms with Crippen LogP contribution in [0.3, 0.4) is 0 Å². The first-order valence-corrected chi connectivity index (χ1v) is 8.69. The summed E-state index contributed by atoms with van der Waals surface area (Å²) in [5.74, 6) is -0.292. The van der Waals surface area contributed by atoms with Gasteiger partial charge in [-0.05, 0) is 53.5 Å². The zero-order valence-electron chi connectivity index (χ0n) is 13.5. The molecule has 124 valence electrons. The highest BCUT2D eigenvalue weighted by Gasteiger charge is 2.28. The van der Waals surface area contributed by atoms with E-state index in [1.54, 1.807) is 30.0 Å². The third-order valence-corrected chi connectivity index (χ3v) is 5.33. The summed E-state index contributed by atoms with van der Waals surface area (Å²) in [6.45, 7) is 4.35. The monoisotopic (exact) mass is 342 g/mol. The maximum atomic E-state index is 12.4. The molecule has 0 amide bonds. The van der Waals surface area contributed by atoms with E-state index in [1.165, 1.54) is 17.0 Å². The number of carboxylic acid groups (broad SMARTS) is 1. The average Bonchev–Trinajstić information content (AvgIpc) is 2.55. The van der Waals surface area contributed by atoms with E-state index in [4.69, 9.17) is 4.74 Å². The SMILES string of the molecule is CC1(C)CCSc2ccc(OC(=O)c3ccccc3C(=O)O)cc21. The minimum atomic E-state index is -1.15. The number of hydrogen-bond donors (Lipinski definition) is 1. The quantitative estimate of drug-likeness (QED) is 0.662. The minimum Gasteiger partial charge on any atom is -0.478 e. The van der Waals surface area contributed by atoms with Crippen LogP contribution >= 0.6 is 11.8 Å². The van der Waals surface area contributed by atoms with Gasteiger partial charge in [0.1, 0.15) is 5.75 Å². The summed E-state index contributed by atoms with van der Waals surface area (Å²) in [7, 11) is 0. The van der Waals surface area contributed by atoms with Crippen LogP contribution in [0.1, 0.15) is 46.5 Å². The van der Waals surface area contributed by atoms with E-state index >= 15 is 0 Å². The molecule has 0 aliphatic carbocycles. The first-order chi connectivity index (χ1) is 11.4. The van der Waals surface area contributed by atoms with Crippen molar-refractivity contribution in [2.24, 2.45) is 0 Å². The molecule has 1 aliphatic rings. The van der Waals surface area contributed by atoms with Gasteiger partial charge in [0.2, 0.25) is 0 Å². The summed E-state index contributed by atoms with van der Waals surface area (Å²) in [6.07, 6.45) is 1.06. The highest BCUT2D eigenvalue weighted by Crippen LogP contribution is 2.42. The second kappa shape index (κ2) is 6.32. The van der Waals surface area contributed by atoms with E-state index in [1.807, 2.05) is 12.1 Å². The predicted molar refractivity (Wildman–Crippen MR) is 93.2 cm³/mol. The van der Waals surface area contributed by atoms with Crippen molar-refractivity contribution in [2.75, 3.05) is 5.75 Å². The number of benzene rings is 2. The van der Waals surface area contributed by atoms with Crippen molar-refractivity contribution in [1.82, 2.24) is 0 Å². The fourth-order valence-electron chi connectivity index (χ4n) is 2.79. The standard InChI is InChI=1S/C19H18O4S/c1-19(2)9-10-24-16-8-7-12(11-15(16)19)23-18(22)14-6-4-3-5-13(14)17(20)21/h3-8,11H,9-10H2,1-2H3,(H,20,21). The molecular weight excluding hydrogens is 324 g/mol. The molecular formula is C19H18O4S. The van der Waals surface area contributed by atoms with Crippen molar-refractivity contribution in [1.29, 1.82) is 0 Å². The van der Waals surface area contributed by atoms with Gasteiger partial charge in [0.05, 0.1) is 11.1 Å². The van der Waals surface area contributed by atoms with Gasteiger partial charge in [-0.1, -0.05) is 26.0 Å². The van der Waals surface area contributed by atoms with Crippen molar-refractivity contribution >= 4 is 23.7 Å². The molecule has 0 aromatic heterocycles. The first kappa shape index (κ1) is 16.6. The van der Waals surface area contributed by atoms with E-state index < -0.39 is 11.9 Å². The van der Waals surface area contributed by atoms with Crippen LogP contribution in [0.15, 0.2) is 47.4 Å². The minimum absolute atomic E-state index is 0.0297. The number of carbonyl (C=O) groups is 2. The number of esters is 1. The molecule has 0 atom stereocenters. The third kappa shape index (κ3) is 3.17. The van der Waals surface area contributed by atoms with Crippen molar-refractivity contribution in [3.8, 4) is 5.75 Å². The van der Waals surface area contributed by atoms with Crippen molar-refractivity contribution in [3.05, 3.63) is 59.2 Å². The van der Waals surface area contributed by atoms with Gasteiger partial charge in [-0.3, -0.25) is 0 Å². The van der Waals surface area contributed by atoms with Crippen LogP contribution in [0.4, 0.5) is 0 Å². The van der Waals surface area contributed by atoms with E-state index in [9.17, 15) is 14.7 Å². The number of fused-ring (bicyclic) bond motifs is 1. The molecule has 0 unspecified atom stereocenters. The summed E-state index contributed by atoms with van der Waals surface area (Å²) in [5, 5.41) is 9.20. The zero-order valence-corrected chi connectivity index (χ0v) is 14.4. The molecule has 3 rings (SSSR count). The lowest BCUT2D eigenvalue weighted by atomic mass is 9.82. The Morgan fingerprint density at radius 3 is 2.54 bits per heavy atom. The van der Waals surface area contributed by atoms with Crippen molar-refractivity contribution in [3.63, 3.8) is 0 Å². The number of rotatable bonds is 3. The van der Waals surface area contributed by atoms with Gasteiger partial charge in [-0.2, -0.15) is 0 Å². The highest BCUT2D eigenvalue weighted by molar-refractivity contribution is 7.99. The van der Waals surface area contributed by atoms with Crippen LogP contribution in [-0.2, 0) is 5.41 Å². The molecule has 0 saturated heterocycles. The van der Waals surface area contributed by atoms with Crippen molar-refractivity contribution < 1.29 is 19.4 Å². The number of ether oxygens (including phenoxy) is 1. The number of hydrogen-bond acceptors (Lipinski definition) is 4. The van der Waals surface area contributed by atoms with E-state index in [2.05, 4.69) is 13.8 Å². The molecule has 2 aromatic carbocycles. The van der Waals surface area contributed by atoms with Gasteiger partial charge in [0.15, 0.2) is 0 Å². The lowest BCUT2D eigenvalue weighted by Gasteiger charge is -2.32.